The molecule has 1 unspecified atom stereocenters. The zero-order valence-electron chi connectivity index (χ0n) is 15.4. The first-order valence-corrected chi connectivity index (χ1v) is 10.2. The number of rotatable bonds is 5. The first kappa shape index (κ1) is 20.9. The maximum Gasteiger partial charge on any atom is 0.241 e. The smallest absolute Gasteiger partial charge is 0.241 e. The molecule has 1 fully saturated rings. The number of anilines is 1. The van der Waals surface area contributed by atoms with E-state index in [9.17, 15) is 23.7 Å². The van der Waals surface area contributed by atoms with E-state index < -0.39 is 47.3 Å². The lowest BCUT2D eigenvalue weighted by Gasteiger charge is -2.40. The summed E-state index contributed by atoms with van der Waals surface area (Å²) in [6.07, 6.45) is -6.18. The molecule has 1 aliphatic rings. The molecule has 28 heavy (non-hydrogen) atoms. The van der Waals surface area contributed by atoms with Crippen LogP contribution in [0.5, 0.6) is 0 Å². The van der Waals surface area contributed by atoms with Crippen molar-refractivity contribution in [3.63, 3.8) is 0 Å². The zero-order valence-corrected chi connectivity index (χ0v) is 16.2. The molecule has 0 bridgehead atoms. The van der Waals surface area contributed by atoms with Gasteiger partial charge in [0.05, 0.1) is 11.5 Å². The molecule has 0 saturated carbocycles. The number of hydrogen-bond donors (Lipinski definition) is 5. The molecule has 0 spiro atoms. The van der Waals surface area contributed by atoms with Gasteiger partial charge in [-0.05, 0) is 12.1 Å². The molecule has 2 aromatic carbocycles. The van der Waals surface area contributed by atoms with Crippen LogP contribution in [-0.4, -0.2) is 80.2 Å². The summed E-state index contributed by atoms with van der Waals surface area (Å²) in [6.45, 7) is -0.634. The predicted molar refractivity (Wildman–Crippen MR) is 102 cm³/mol. The number of benzene rings is 2. The average Bonchev–Trinajstić information content (AvgIpc) is 2.66. The number of nitrogens with zero attached hydrogens (tertiary/aromatic N) is 1. The van der Waals surface area contributed by atoms with E-state index in [1.807, 2.05) is 25.1 Å². The number of nitrogens with one attached hydrogen (secondary N) is 1. The van der Waals surface area contributed by atoms with Gasteiger partial charge in [0.15, 0.2) is 6.29 Å². The third-order valence-corrected chi connectivity index (χ3v) is 6.34. The van der Waals surface area contributed by atoms with Crippen molar-refractivity contribution in [1.82, 2.24) is 4.72 Å². The molecule has 0 radical (unpaired) electrons. The minimum Gasteiger partial charge on any atom is -0.394 e. The molecule has 10 heteroatoms. The summed E-state index contributed by atoms with van der Waals surface area (Å²) in [6, 6.07) is 8.57. The molecule has 9 nitrogen and oxygen atoms in total. The maximum absolute atomic E-state index is 13.0. The van der Waals surface area contributed by atoms with Crippen LogP contribution in [0.2, 0.25) is 0 Å². The average molecular weight is 412 g/mol. The van der Waals surface area contributed by atoms with Gasteiger partial charge in [0.1, 0.15) is 24.4 Å². The predicted octanol–water partition coefficient (Wildman–Crippen LogP) is -1.02. The van der Waals surface area contributed by atoms with Crippen LogP contribution >= 0.6 is 0 Å². The van der Waals surface area contributed by atoms with Crippen LogP contribution in [0.4, 0.5) is 5.69 Å². The molecule has 1 aliphatic heterocycles. The van der Waals surface area contributed by atoms with Gasteiger partial charge < -0.3 is 30.1 Å². The van der Waals surface area contributed by atoms with Crippen molar-refractivity contribution in [2.45, 2.75) is 35.5 Å². The highest BCUT2D eigenvalue weighted by atomic mass is 32.2. The summed E-state index contributed by atoms with van der Waals surface area (Å²) in [5, 5.41) is 40.6. The molecule has 1 saturated heterocycles. The van der Waals surface area contributed by atoms with E-state index in [-0.39, 0.29) is 4.90 Å². The van der Waals surface area contributed by atoms with Crippen LogP contribution in [-0.2, 0) is 14.8 Å². The van der Waals surface area contributed by atoms with Gasteiger partial charge in [0.25, 0.3) is 0 Å². The molecule has 2 aromatic rings. The minimum atomic E-state index is -4.18. The van der Waals surface area contributed by atoms with Crippen molar-refractivity contribution in [3.8, 4) is 0 Å². The molecule has 5 N–H and O–H groups in total. The van der Waals surface area contributed by atoms with Gasteiger partial charge in [-0.3, -0.25) is 0 Å². The molecule has 1 heterocycles. The Morgan fingerprint density at radius 2 is 1.68 bits per heavy atom. The molecule has 5 atom stereocenters. The quantitative estimate of drug-likeness (QED) is 0.421. The summed E-state index contributed by atoms with van der Waals surface area (Å²) in [5.74, 6) is 0. The van der Waals surface area contributed by atoms with Crippen LogP contribution in [0.15, 0.2) is 41.3 Å². The fourth-order valence-electron chi connectivity index (χ4n) is 3.36. The second kappa shape index (κ2) is 7.91. The van der Waals surface area contributed by atoms with E-state index in [0.29, 0.717) is 5.39 Å². The van der Waals surface area contributed by atoms with Crippen molar-refractivity contribution in [2.24, 2.45) is 0 Å². The number of ether oxygens (including phenoxy) is 1. The van der Waals surface area contributed by atoms with Crippen molar-refractivity contribution < 1.29 is 33.6 Å². The van der Waals surface area contributed by atoms with Gasteiger partial charge in [0.2, 0.25) is 10.0 Å². The number of aliphatic hydroxyl groups is 4. The summed E-state index contributed by atoms with van der Waals surface area (Å²) in [7, 11) is -0.492. The fourth-order valence-corrected chi connectivity index (χ4v) is 4.82. The van der Waals surface area contributed by atoms with Gasteiger partial charge in [-0.2, -0.15) is 0 Å². The van der Waals surface area contributed by atoms with E-state index in [1.54, 1.807) is 24.3 Å². The maximum atomic E-state index is 13.0. The van der Waals surface area contributed by atoms with Gasteiger partial charge in [0, 0.05) is 30.6 Å². The highest BCUT2D eigenvalue weighted by Gasteiger charge is 2.45. The Balaban J connectivity index is 1.99. The zero-order chi connectivity index (χ0) is 20.6. The van der Waals surface area contributed by atoms with Crippen LogP contribution in [0.3, 0.4) is 0 Å². The van der Waals surface area contributed by atoms with E-state index in [1.165, 1.54) is 6.07 Å². The first-order valence-electron chi connectivity index (χ1n) is 8.69. The monoisotopic (exact) mass is 412 g/mol. The second-order valence-corrected chi connectivity index (χ2v) is 8.58. The standard InChI is InChI=1S/C18H24N2O7S/c1-20(2)12-7-3-6-11-10(12)5-4-8-14(11)28(25,26)19-15-17(23)16(22)13(9-21)27-18(15)24/h3-8,13,15-19,21-24H,9H2,1-2H3/t13-,15-,16+,17-,18?/m1/s1. The topological polar surface area (TPSA) is 140 Å². The van der Waals surface area contributed by atoms with Gasteiger partial charge in [-0.1, -0.05) is 24.3 Å². The summed E-state index contributed by atoms with van der Waals surface area (Å²) in [5.41, 5.74) is 0.830. The largest absolute Gasteiger partial charge is 0.394 e. The highest BCUT2D eigenvalue weighted by molar-refractivity contribution is 7.89. The molecular weight excluding hydrogens is 388 g/mol. The summed E-state index contributed by atoms with van der Waals surface area (Å²) < 4.78 is 33.3. The third kappa shape index (κ3) is 3.72. The molecule has 0 amide bonds. The molecule has 154 valence electrons. The summed E-state index contributed by atoms with van der Waals surface area (Å²) in [4.78, 5) is 1.83. The molecule has 3 rings (SSSR count). The second-order valence-electron chi connectivity index (χ2n) is 6.90. The van der Waals surface area contributed by atoms with E-state index >= 15 is 0 Å². The Kier molecular flexibility index (Phi) is 5.92. The van der Waals surface area contributed by atoms with Gasteiger partial charge in [-0.25, -0.2) is 13.1 Å². The number of hydrogen-bond acceptors (Lipinski definition) is 8. The van der Waals surface area contributed by atoms with Crippen molar-refractivity contribution in [2.75, 3.05) is 25.6 Å². The normalized spacial score (nSPS) is 28.4. The van der Waals surface area contributed by atoms with E-state index in [4.69, 9.17) is 9.84 Å². The fraction of sp³-hybridized carbons (Fsp3) is 0.444. The van der Waals surface area contributed by atoms with Crippen LogP contribution in [0, 0.1) is 0 Å². The van der Waals surface area contributed by atoms with Gasteiger partial charge in [-0.15, -0.1) is 0 Å². The van der Waals surface area contributed by atoms with Crippen molar-refractivity contribution >= 4 is 26.5 Å². The van der Waals surface area contributed by atoms with Gasteiger partial charge >= 0.3 is 0 Å². The Labute approximate surface area is 162 Å². The molecular formula is C18H24N2O7S. The SMILES string of the molecule is CN(C)c1cccc2c(S(=O)(=O)N[C@H]3C(O)O[C@H](CO)[C@H](O)[C@@H]3O)cccc12. The number of fused-ring (bicyclic) bond motifs is 1. The Bertz CT molecular complexity index is 950. The Morgan fingerprint density at radius 3 is 2.32 bits per heavy atom. The summed E-state index contributed by atoms with van der Waals surface area (Å²) >= 11 is 0. The third-order valence-electron chi connectivity index (χ3n) is 4.82. The molecule has 0 aromatic heterocycles. The van der Waals surface area contributed by atoms with E-state index in [0.717, 1.165) is 11.1 Å². The number of aliphatic hydroxyl groups excluding tert-OH is 4. The Morgan fingerprint density at radius 1 is 1.04 bits per heavy atom. The lowest BCUT2D eigenvalue weighted by Crippen LogP contribution is -2.64. The Hall–Kier alpha value is -1.79. The van der Waals surface area contributed by atoms with Crippen LogP contribution in [0.25, 0.3) is 10.8 Å². The lowest BCUT2D eigenvalue weighted by atomic mass is 9.98. The van der Waals surface area contributed by atoms with Crippen molar-refractivity contribution in [1.29, 1.82) is 0 Å². The highest BCUT2D eigenvalue weighted by Crippen LogP contribution is 2.31. The van der Waals surface area contributed by atoms with E-state index in [2.05, 4.69) is 4.72 Å². The van der Waals surface area contributed by atoms with Crippen molar-refractivity contribution in [3.05, 3.63) is 36.4 Å². The minimum absolute atomic E-state index is 0.0353. The van der Waals surface area contributed by atoms with Crippen LogP contribution in [0.1, 0.15) is 0 Å². The number of sulfonamides is 1. The lowest BCUT2D eigenvalue weighted by molar-refractivity contribution is -0.251. The molecule has 0 aliphatic carbocycles. The first-order chi connectivity index (χ1) is 13.2. The van der Waals surface area contributed by atoms with Crippen LogP contribution < -0.4 is 9.62 Å².